The third kappa shape index (κ3) is 2.76. The summed E-state index contributed by atoms with van der Waals surface area (Å²) in [5.41, 5.74) is 1.06. The van der Waals surface area contributed by atoms with Crippen LogP contribution in [0.25, 0.3) is 0 Å². The van der Waals surface area contributed by atoms with E-state index >= 15 is 0 Å². The number of halogens is 1. The van der Waals surface area contributed by atoms with Gasteiger partial charge in [-0.1, -0.05) is 11.6 Å². The van der Waals surface area contributed by atoms with Gasteiger partial charge in [0.2, 0.25) is 5.91 Å². The van der Waals surface area contributed by atoms with Crippen molar-refractivity contribution in [3.05, 3.63) is 28.8 Å². The van der Waals surface area contributed by atoms with Crippen LogP contribution in [0.4, 0.5) is 5.69 Å². The normalized spacial score (nSPS) is 22.2. The number of amides is 2. The molecule has 3 rings (SSSR count). The molecule has 2 aliphatic heterocycles. The molecular weight excluding hydrogens is 292 g/mol. The summed E-state index contributed by atoms with van der Waals surface area (Å²) in [5.74, 6) is -0.134. The van der Waals surface area contributed by atoms with Gasteiger partial charge in [0.25, 0.3) is 5.91 Å². The van der Waals surface area contributed by atoms with Crippen LogP contribution in [0.15, 0.2) is 18.2 Å². The predicted molar refractivity (Wildman–Crippen MR) is 79.6 cm³/mol. The molecule has 112 valence electrons. The molecule has 1 N–H and O–H groups in total. The van der Waals surface area contributed by atoms with Gasteiger partial charge in [-0.2, -0.15) is 0 Å². The van der Waals surface area contributed by atoms with E-state index in [9.17, 15) is 14.7 Å². The molecule has 1 atom stereocenters. The zero-order valence-corrected chi connectivity index (χ0v) is 12.3. The van der Waals surface area contributed by atoms with Gasteiger partial charge in [-0.05, 0) is 31.0 Å². The third-order valence-electron chi connectivity index (χ3n) is 4.00. The summed E-state index contributed by atoms with van der Waals surface area (Å²) < 4.78 is 0. The molecule has 2 fully saturated rings. The maximum absolute atomic E-state index is 12.6. The van der Waals surface area contributed by atoms with Crippen molar-refractivity contribution in [3.63, 3.8) is 0 Å². The molecule has 2 amide bonds. The van der Waals surface area contributed by atoms with Gasteiger partial charge in [-0.3, -0.25) is 9.59 Å². The lowest BCUT2D eigenvalue weighted by Crippen LogP contribution is -2.32. The second-order valence-corrected chi connectivity index (χ2v) is 5.94. The molecule has 21 heavy (non-hydrogen) atoms. The smallest absolute Gasteiger partial charge is 0.256 e. The Morgan fingerprint density at radius 2 is 2.14 bits per heavy atom. The van der Waals surface area contributed by atoms with Crippen LogP contribution in [0.2, 0.25) is 5.02 Å². The molecule has 1 aromatic carbocycles. The minimum Gasteiger partial charge on any atom is -0.391 e. The first kappa shape index (κ1) is 14.4. The first-order chi connectivity index (χ1) is 10.1. The van der Waals surface area contributed by atoms with Crippen molar-refractivity contribution in [3.8, 4) is 0 Å². The Balaban J connectivity index is 1.94. The maximum atomic E-state index is 12.6. The molecule has 0 aliphatic carbocycles. The first-order valence-electron chi connectivity index (χ1n) is 7.13. The molecule has 5 nitrogen and oxygen atoms in total. The monoisotopic (exact) mass is 308 g/mol. The SMILES string of the molecule is O=C(c1ccc(Cl)cc1N1CCCC1=O)N1CC[C@@H](O)C1. The molecule has 0 unspecified atom stereocenters. The number of likely N-dealkylation sites (tertiary alicyclic amines) is 1. The molecule has 0 radical (unpaired) electrons. The minimum atomic E-state index is -0.460. The molecule has 2 saturated heterocycles. The van der Waals surface area contributed by atoms with E-state index in [1.54, 1.807) is 28.0 Å². The molecule has 1 aromatic rings. The largest absolute Gasteiger partial charge is 0.391 e. The van der Waals surface area contributed by atoms with Crippen molar-refractivity contribution in [2.75, 3.05) is 24.5 Å². The number of nitrogens with zero attached hydrogens (tertiary/aromatic N) is 2. The summed E-state index contributed by atoms with van der Waals surface area (Å²) in [7, 11) is 0. The topological polar surface area (TPSA) is 60.9 Å². The average Bonchev–Trinajstić information content (AvgIpc) is 3.06. The van der Waals surface area contributed by atoms with Crippen LogP contribution in [0, 0.1) is 0 Å². The quantitative estimate of drug-likeness (QED) is 0.904. The highest BCUT2D eigenvalue weighted by Gasteiger charge is 2.30. The molecule has 2 heterocycles. The molecule has 6 heteroatoms. The summed E-state index contributed by atoms with van der Waals surface area (Å²) >= 11 is 6.03. The summed E-state index contributed by atoms with van der Waals surface area (Å²) in [6.07, 6.45) is 1.43. The number of anilines is 1. The molecule has 0 bridgehead atoms. The van der Waals surface area contributed by atoms with Gasteiger partial charge in [-0.25, -0.2) is 0 Å². The fourth-order valence-corrected chi connectivity index (χ4v) is 3.07. The summed E-state index contributed by atoms with van der Waals surface area (Å²) in [5, 5.41) is 10.1. The van der Waals surface area contributed by atoms with Crippen molar-refractivity contribution < 1.29 is 14.7 Å². The van der Waals surface area contributed by atoms with Crippen LogP contribution in [0.3, 0.4) is 0 Å². The second kappa shape index (κ2) is 5.66. The van der Waals surface area contributed by atoms with E-state index in [4.69, 9.17) is 11.6 Å². The highest BCUT2D eigenvalue weighted by atomic mass is 35.5. The van der Waals surface area contributed by atoms with Crippen LogP contribution < -0.4 is 4.90 Å². The first-order valence-corrected chi connectivity index (χ1v) is 7.51. The average molecular weight is 309 g/mol. The lowest BCUT2D eigenvalue weighted by molar-refractivity contribution is -0.117. The molecular formula is C15H17ClN2O3. The standard InChI is InChI=1S/C15H17ClN2O3/c16-10-3-4-12(15(21)17-7-5-11(19)9-17)13(8-10)18-6-1-2-14(18)20/h3-4,8,11,19H,1-2,5-7,9H2/t11-/m1/s1. The molecule has 0 aromatic heterocycles. The van der Waals surface area contributed by atoms with E-state index in [0.717, 1.165) is 6.42 Å². The Labute approximate surface area is 128 Å². The van der Waals surface area contributed by atoms with Crippen molar-refractivity contribution in [1.29, 1.82) is 0 Å². The fourth-order valence-electron chi connectivity index (χ4n) is 2.91. The highest BCUT2D eigenvalue weighted by Crippen LogP contribution is 2.30. The lowest BCUT2D eigenvalue weighted by Gasteiger charge is -2.23. The number of aliphatic hydroxyl groups is 1. The van der Waals surface area contributed by atoms with E-state index in [0.29, 0.717) is 48.7 Å². The number of aliphatic hydroxyl groups excluding tert-OH is 1. The Bertz CT molecular complexity index is 590. The number of rotatable bonds is 2. The van der Waals surface area contributed by atoms with Gasteiger partial charge in [0.15, 0.2) is 0 Å². The zero-order chi connectivity index (χ0) is 15.0. The zero-order valence-electron chi connectivity index (χ0n) is 11.6. The Kier molecular flexibility index (Phi) is 3.87. The van der Waals surface area contributed by atoms with E-state index in [1.807, 2.05) is 0 Å². The van der Waals surface area contributed by atoms with Gasteiger partial charge in [-0.15, -0.1) is 0 Å². The Hall–Kier alpha value is -1.59. The van der Waals surface area contributed by atoms with Crippen LogP contribution >= 0.6 is 11.6 Å². The van der Waals surface area contributed by atoms with Gasteiger partial charge < -0.3 is 14.9 Å². The number of carbonyl (C=O) groups is 2. The van der Waals surface area contributed by atoms with E-state index in [2.05, 4.69) is 0 Å². The highest BCUT2D eigenvalue weighted by molar-refractivity contribution is 6.31. The van der Waals surface area contributed by atoms with Crippen molar-refractivity contribution >= 4 is 29.1 Å². The Morgan fingerprint density at radius 3 is 2.76 bits per heavy atom. The predicted octanol–water partition coefficient (Wildman–Crippen LogP) is 1.67. The minimum absolute atomic E-state index is 0.0211. The van der Waals surface area contributed by atoms with E-state index in [1.165, 1.54) is 0 Å². The number of hydrogen-bond donors (Lipinski definition) is 1. The molecule has 2 aliphatic rings. The summed E-state index contributed by atoms with van der Waals surface area (Å²) in [6, 6.07) is 4.99. The van der Waals surface area contributed by atoms with Gasteiger partial charge in [0, 0.05) is 31.1 Å². The van der Waals surface area contributed by atoms with Gasteiger partial charge in [0.05, 0.1) is 17.4 Å². The number of carbonyl (C=O) groups excluding carboxylic acids is 2. The van der Waals surface area contributed by atoms with Crippen molar-refractivity contribution in [2.24, 2.45) is 0 Å². The number of benzene rings is 1. The van der Waals surface area contributed by atoms with Crippen LogP contribution in [-0.4, -0.2) is 47.6 Å². The van der Waals surface area contributed by atoms with E-state index < -0.39 is 6.10 Å². The molecule has 0 spiro atoms. The van der Waals surface area contributed by atoms with E-state index in [-0.39, 0.29) is 11.8 Å². The second-order valence-electron chi connectivity index (χ2n) is 5.50. The van der Waals surface area contributed by atoms with Crippen LogP contribution in [-0.2, 0) is 4.79 Å². The molecule has 0 saturated carbocycles. The Morgan fingerprint density at radius 1 is 1.33 bits per heavy atom. The lowest BCUT2D eigenvalue weighted by atomic mass is 10.1. The third-order valence-corrected chi connectivity index (χ3v) is 4.24. The summed E-state index contributed by atoms with van der Waals surface area (Å²) in [4.78, 5) is 27.8. The summed E-state index contributed by atoms with van der Waals surface area (Å²) in [6.45, 7) is 1.49. The van der Waals surface area contributed by atoms with Crippen LogP contribution in [0.5, 0.6) is 0 Å². The number of hydrogen-bond acceptors (Lipinski definition) is 3. The maximum Gasteiger partial charge on any atom is 0.256 e. The van der Waals surface area contributed by atoms with Gasteiger partial charge in [0.1, 0.15) is 0 Å². The van der Waals surface area contributed by atoms with Gasteiger partial charge >= 0.3 is 0 Å². The van der Waals surface area contributed by atoms with Crippen molar-refractivity contribution in [1.82, 2.24) is 4.90 Å². The number of β-amino-alcohol motifs (C(OH)–C–C–N with tert-alkyl or cyclic N) is 1. The van der Waals surface area contributed by atoms with Crippen molar-refractivity contribution in [2.45, 2.75) is 25.4 Å². The van der Waals surface area contributed by atoms with Crippen LogP contribution in [0.1, 0.15) is 29.6 Å². The fraction of sp³-hybridized carbons (Fsp3) is 0.467.